The zero-order valence-electron chi connectivity index (χ0n) is 15.0. The molecule has 7 nitrogen and oxygen atoms in total. The number of fused-ring (bicyclic) bond motifs is 1. The first kappa shape index (κ1) is 18.0. The van der Waals surface area contributed by atoms with Crippen LogP contribution in [0.2, 0.25) is 0 Å². The first-order valence-corrected chi connectivity index (χ1v) is 10.6. The molecular weight excluding hydrogens is 378 g/mol. The second-order valence-electron chi connectivity index (χ2n) is 6.45. The zero-order chi connectivity index (χ0) is 19.7. The number of imidazole rings is 1. The van der Waals surface area contributed by atoms with Gasteiger partial charge in [-0.1, -0.05) is 30.3 Å². The summed E-state index contributed by atoms with van der Waals surface area (Å²) in [6.45, 7) is 0. The van der Waals surface area contributed by atoms with E-state index >= 15 is 0 Å². The molecule has 2 aromatic carbocycles. The van der Waals surface area contributed by atoms with E-state index in [4.69, 9.17) is 4.42 Å². The Balaban J connectivity index is 1.70. The van der Waals surface area contributed by atoms with E-state index in [0.717, 1.165) is 11.8 Å². The summed E-state index contributed by atoms with van der Waals surface area (Å²) in [5.41, 5.74) is 2.18. The monoisotopic (exact) mass is 395 g/mol. The smallest absolute Gasteiger partial charge is 0.291 e. The van der Waals surface area contributed by atoms with Gasteiger partial charge in [0, 0.05) is 40.8 Å². The van der Waals surface area contributed by atoms with Crippen molar-refractivity contribution in [2.24, 2.45) is 0 Å². The average molecular weight is 395 g/mol. The number of furan rings is 1. The lowest BCUT2D eigenvalue weighted by atomic mass is 10.1. The highest BCUT2D eigenvalue weighted by atomic mass is 32.2. The van der Waals surface area contributed by atoms with Gasteiger partial charge in [-0.15, -0.1) is 0 Å². The van der Waals surface area contributed by atoms with Gasteiger partial charge in [-0.05, 0) is 18.2 Å². The highest BCUT2D eigenvalue weighted by Gasteiger charge is 2.23. The number of H-pyrrole nitrogens is 1. The fraction of sp³-hybridized carbons (Fsp3) is 0.100. The standard InChI is InChI=1S/C20H17N3O4S/c1-28(25,26)12-16-15-7-2-3-8-17(15)27-18(16)20(24)23-14-6-4-5-13(11-14)19-21-9-10-22-19/h2-11H,12H2,1H3,(H,21,22)(H,23,24). The van der Waals surface area contributed by atoms with E-state index in [-0.39, 0.29) is 11.5 Å². The number of aromatic nitrogens is 2. The van der Waals surface area contributed by atoms with Crippen LogP contribution in [0.25, 0.3) is 22.4 Å². The SMILES string of the molecule is CS(=O)(=O)Cc1c(C(=O)Nc2cccc(-c3ncc[nH]3)c2)oc2ccccc12. The summed E-state index contributed by atoms with van der Waals surface area (Å²) in [6, 6.07) is 14.2. The molecule has 2 aromatic heterocycles. The number of aromatic amines is 1. The van der Waals surface area contributed by atoms with Gasteiger partial charge >= 0.3 is 0 Å². The third kappa shape index (κ3) is 3.67. The normalized spacial score (nSPS) is 11.6. The molecule has 0 atom stereocenters. The average Bonchev–Trinajstić information content (AvgIpc) is 3.30. The number of benzene rings is 2. The van der Waals surface area contributed by atoms with E-state index in [1.165, 1.54) is 0 Å². The summed E-state index contributed by atoms with van der Waals surface area (Å²) >= 11 is 0. The molecule has 0 aliphatic heterocycles. The first-order valence-electron chi connectivity index (χ1n) is 8.50. The molecule has 2 heterocycles. The molecular formula is C20H17N3O4S. The van der Waals surface area contributed by atoms with Crippen LogP contribution in [-0.4, -0.2) is 30.5 Å². The van der Waals surface area contributed by atoms with Crippen molar-refractivity contribution in [2.45, 2.75) is 5.75 Å². The van der Waals surface area contributed by atoms with Crippen molar-refractivity contribution in [1.82, 2.24) is 9.97 Å². The summed E-state index contributed by atoms with van der Waals surface area (Å²) in [5.74, 6) is -0.113. The van der Waals surface area contributed by atoms with Gasteiger partial charge in [0.15, 0.2) is 15.6 Å². The number of rotatable bonds is 5. The number of carbonyl (C=O) groups is 1. The molecule has 0 saturated carbocycles. The molecule has 8 heteroatoms. The van der Waals surface area contributed by atoms with Crippen LogP contribution in [-0.2, 0) is 15.6 Å². The van der Waals surface area contributed by atoms with Crippen molar-refractivity contribution >= 4 is 32.4 Å². The lowest BCUT2D eigenvalue weighted by Crippen LogP contribution is -2.14. The molecule has 1 amide bonds. The minimum atomic E-state index is -3.36. The van der Waals surface area contributed by atoms with E-state index in [1.54, 1.807) is 54.9 Å². The lowest BCUT2D eigenvalue weighted by Gasteiger charge is -2.07. The maximum atomic E-state index is 12.9. The topological polar surface area (TPSA) is 105 Å². The molecule has 142 valence electrons. The maximum absolute atomic E-state index is 12.9. The number of hydrogen-bond acceptors (Lipinski definition) is 5. The molecule has 2 N–H and O–H groups in total. The van der Waals surface area contributed by atoms with Crippen LogP contribution >= 0.6 is 0 Å². The van der Waals surface area contributed by atoms with Crippen LogP contribution in [0.15, 0.2) is 65.3 Å². The summed E-state index contributed by atoms with van der Waals surface area (Å²) in [7, 11) is -3.36. The predicted octanol–water partition coefficient (Wildman–Crippen LogP) is 3.62. The van der Waals surface area contributed by atoms with Gasteiger partial charge in [0.25, 0.3) is 5.91 Å². The number of amides is 1. The molecule has 28 heavy (non-hydrogen) atoms. The van der Waals surface area contributed by atoms with Gasteiger partial charge < -0.3 is 14.7 Å². The summed E-state index contributed by atoms with van der Waals surface area (Å²) in [6.07, 6.45) is 4.49. The van der Waals surface area contributed by atoms with Crippen molar-refractivity contribution in [2.75, 3.05) is 11.6 Å². The Labute approximate surface area is 161 Å². The van der Waals surface area contributed by atoms with Crippen LogP contribution in [0, 0.1) is 0 Å². The van der Waals surface area contributed by atoms with Gasteiger partial charge in [-0.3, -0.25) is 4.79 Å². The molecule has 0 saturated heterocycles. The Kier molecular flexibility index (Phi) is 4.48. The molecule has 4 rings (SSSR count). The highest BCUT2D eigenvalue weighted by Crippen LogP contribution is 2.28. The predicted molar refractivity (Wildman–Crippen MR) is 107 cm³/mol. The Bertz CT molecular complexity index is 1260. The van der Waals surface area contributed by atoms with Gasteiger partial charge in [0.2, 0.25) is 0 Å². The quantitative estimate of drug-likeness (QED) is 0.537. The number of carbonyl (C=O) groups excluding carboxylic acids is 1. The molecule has 0 spiro atoms. The number of hydrogen-bond donors (Lipinski definition) is 2. The van der Waals surface area contributed by atoms with Crippen molar-refractivity contribution in [3.8, 4) is 11.4 Å². The Hall–Kier alpha value is -3.39. The van der Waals surface area contributed by atoms with E-state index < -0.39 is 15.7 Å². The first-order chi connectivity index (χ1) is 13.4. The number of anilines is 1. The maximum Gasteiger partial charge on any atom is 0.291 e. The summed E-state index contributed by atoms with van der Waals surface area (Å²) < 4.78 is 29.4. The Morgan fingerprint density at radius 2 is 2.00 bits per heavy atom. The number of sulfone groups is 1. The summed E-state index contributed by atoms with van der Waals surface area (Å²) in [5, 5.41) is 3.39. The highest BCUT2D eigenvalue weighted by molar-refractivity contribution is 7.89. The van der Waals surface area contributed by atoms with Crippen molar-refractivity contribution in [1.29, 1.82) is 0 Å². The summed E-state index contributed by atoms with van der Waals surface area (Å²) in [4.78, 5) is 20.1. The number of para-hydroxylation sites is 1. The van der Waals surface area contributed by atoms with Gasteiger partial charge in [0.1, 0.15) is 11.4 Å². The molecule has 0 aliphatic rings. The van der Waals surface area contributed by atoms with Crippen LogP contribution in [0.5, 0.6) is 0 Å². The third-order valence-electron chi connectivity index (χ3n) is 4.20. The van der Waals surface area contributed by atoms with Crippen LogP contribution in [0.1, 0.15) is 16.1 Å². The van der Waals surface area contributed by atoms with Crippen molar-refractivity contribution < 1.29 is 17.6 Å². The van der Waals surface area contributed by atoms with Crippen molar-refractivity contribution in [3.05, 3.63) is 72.2 Å². The van der Waals surface area contributed by atoms with E-state index in [2.05, 4.69) is 15.3 Å². The third-order valence-corrected chi connectivity index (χ3v) is 5.02. The molecule has 0 aliphatic carbocycles. The molecule has 0 radical (unpaired) electrons. The van der Waals surface area contributed by atoms with E-state index in [1.807, 2.05) is 6.07 Å². The second-order valence-corrected chi connectivity index (χ2v) is 8.59. The van der Waals surface area contributed by atoms with Crippen molar-refractivity contribution in [3.63, 3.8) is 0 Å². The fourth-order valence-corrected chi connectivity index (χ4v) is 3.85. The fourth-order valence-electron chi connectivity index (χ4n) is 3.04. The van der Waals surface area contributed by atoms with E-state index in [9.17, 15) is 13.2 Å². The molecule has 0 bridgehead atoms. The van der Waals surface area contributed by atoms with E-state index in [0.29, 0.717) is 28.0 Å². The van der Waals surface area contributed by atoms with Crippen LogP contribution < -0.4 is 5.32 Å². The lowest BCUT2D eigenvalue weighted by molar-refractivity contribution is 0.0998. The van der Waals surface area contributed by atoms with Gasteiger partial charge in [-0.2, -0.15) is 0 Å². The minimum Gasteiger partial charge on any atom is -0.451 e. The zero-order valence-corrected chi connectivity index (χ0v) is 15.8. The Morgan fingerprint density at radius 1 is 1.18 bits per heavy atom. The molecule has 4 aromatic rings. The molecule has 0 fully saturated rings. The molecule has 0 unspecified atom stereocenters. The van der Waals surface area contributed by atoms with Crippen LogP contribution in [0.4, 0.5) is 5.69 Å². The van der Waals surface area contributed by atoms with Gasteiger partial charge in [0.05, 0.1) is 5.75 Å². The Morgan fingerprint density at radius 3 is 2.75 bits per heavy atom. The number of nitrogens with one attached hydrogen (secondary N) is 2. The minimum absolute atomic E-state index is 0.00460. The second kappa shape index (κ2) is 6.97. The van der Waals surface area contributed by atoms with Gasteiger partial charge in [-0.25, -0.2) is 13.4 Å². The number of nitrogens with zero attached hydrogens (tertiary/aromatic N) is 1. The van der Waals surface area contributed by atoms with Crippen LogP contribution in [0.3, 0.4) is 0 Å². The largest absolute Gasteiger partial charge is 0.451 e.